The van der Waals surface area contributed by atoms with Crippen LogP contribution in [-0.4, -0.2) is 66.4 Å². The number of primary amides is 1. The van der Waals surface area contributed by atoms with E-state index in [-0.39, 0.29) is 12.5 Å². The van der Waals surface area contributed by atoms with Crippen LogP contribution in [0, 0.1) is 0 Å². The smallest absolute Gasteiger partial charge is 0.318 e. The Kier molecular flexibility index (Phi) is 6.74. The van der Waals surface area contributed by atoms with E-state index in [0.29, 0.717) is 36.9 Å². The zero-order chi connectivity index (χ0) is 18.4. The number of nitrogens with two attached hydrogens (primary N) is 1. The number of benzene rings is 1. The van der Waals surface area contributed by atoms with Crippen molar-refractivity contribution < 1.29 is 14.4 Å². The van der Waals surface area contributed by atoms with Crippen LogP contribution in [0.15, 0.2) is 24.3 Å². The summed E-state index contributed by atoms with van der Waals surface area (Å²) in [6.45, 7) is 4.49. The summed E-state index contributed by atoms with van der Waals surface area (Å²) in [5, 5.41) is 5.37. The lowest BCUT2D eigenvalue weighted by Gasteiger charge is -2.36. The molecule has 1 unspecified atom stereocenters. The highest BCUT2D eigenvalue weighted by Crippen LogP contribution is 2.20. The van der Waals surface area contributed by atoms with Crippen LogP contribution in [0.3, 0.4) is 0 Å². The second-order valence-electron chi connectivity index (χ2n) is 5.87. The third kappa shape index (κ3) is 5.70. The van der Waals surface area contributed by atoms with Crippen LogP contribution in [0.2, 0.25) is 5.02 Å². The van der Waals surface area contributed by atoms with E-state index in [2.05, 4.69) is 10.6 Å². The average Bonchev–Trinajstić information content (AvgIpc) is 2.56. The number of hydrogen-bond acceptors (Lipinski definition) is 5. The molecule has 0 radical (unpaired) electrons. The minimum Gasteiger partial charge on any atom is -0.351 e. The molecule has 1 aromatic rings. The predicted octanol–water partition coefficient (Wildman–Crippen LogP) is 0.480. The third-order valence-corrected chi connectivity index (χ3v) is 4.43. The van der Waals surface area contributed by atoms with E-state index < -0.39 is 18.0 Å². The van der Waals surface area contributed by atoms with Crippen molar-refractivity contribution in [3.8, 4) is 0 Å². The second-order valence-corrected chi connectivity index (χ2v) is 6.28. The molecule has 1 aliphatic rings. The molecule has 9 heteroatoms. The lowest BCUT2D eigenvalue weighted by atomic mass is 10.2. The minimum absolute atomic E-state index is 0.138. The van der Waals surface area contributed by atoms with Crippen LogP contribution in [-0.2, 0) is 9.59 Å². The average molecular weight is 368 g/mol. The number of hydrogen-bond donors (Lipinski definition) is 3. The standard InChI is InChI=1S/C16H22ClN5O3/c1-11(15(24)20-16(18)25)22-8-6-21(7-9-22)10-14(23)19-13-5-3-2-4-12(13)17/h2-5,11H,6-10H2,1H3,(H,19,23)(H3,18,20,24,25). The number of amides is 4. The molecule has 1 saturated heterocycles. The summed E-state index contributed by atoms with van der Waals surface area (Å²) in [5.74, 6) is -0.557. The Morgan fingerprint density at radius 2 is 1.84 bits per heavy atom. The van der Waals surface area contributed by atoms with Crippen molar-refractivity contribution in [3.05, 3.63) is 29.3 Å². The highest BCUT2D eigenvalue weighted by molar-refractivity contribution is 6.33. The van der Waals surface area contributed by atoms with E-state index >= 15 is 0 Å². The second kappa shape index (κ2) is 8.80. The van der Waals surface area contributed by atoms with Gasteiger partial charge in [-0.2, -0.15) is 0 Å². The number of imide groups is 1. The van der Waals surface area contributed by atoms with Gasteiger partial charge in [-0.1, -0.05) is 23.7 Å². The molecule has 4 N–H and O–H groups in total. The van der Waals surface area contributed by atoms with Crippen LogP contribution in [0.1, 0.15) is 6.92 Å². The fourth-order valence-electron chi connectivity index (χ4n) is 2.66. The maximum atomic E-state index is 12.1. The number of nitrogens with zero attached hydrogens (tertiary/aromatic N) is 2. The summed E-state index contributed by atoms with van der Waals surface area (Å²) in [6.07, 6.45) is 0. The van der Waals surface area contributed by atoms with Crippen LogP contribution in [0.25, 0.3) is 0 Å². The number of anilines is 1. The van der Waals surface area contributed by atoms with Crippen molar-refractivity contribution in [2.45, 2.75) is 13.0 Å². The number of carbonyl (C=O) groups is 3. The molecule has 2 rings (SSSR count). The summed E-state index contributed by atoms with van der Waals surface area (Å²) >= 11 is 6.02. The molecule has 1 aliphatic heterocycles. The van der Waals surface area contributed by atoms with E-state index in [1.807, 2.05) is 9.80 Å². The lowest BCUT2D eigenvalue weighted by molar-refractivity contribution is -0.126. The first-order chi connectivity index (χ1) is 11.9. The number of urea groups is 1. The molecule has 1 aromatic carbocycles. The largest absolute Gasteiger partial charge is 0.351 e. The third-order valence-electron chi connectivity index (χ3n) is 4.10. The van der Waals surface area contributed by atoms with Crippen LogP contribution in [0.4, 0.5) is 10.5 Å². The summed E-state index contributed by atoms with van der Waals surface area (Å²) in [6, 6.07) is 5.76. The monoisotopic (exact) mass is 367 g/mol. The molecule has 0 aliphatic carbocycles. The number of para-hydroxylation sites is 1. The zero-order valence-electron chi connectivity index (χ0n) is 14.0. The van der Waals surface area contributed by atoms with Gasteiger partial charge in [0.05, 0.1) is 23.3 Å². The Balaban J connectivity index is 1.78. The van der Waals surface area contributed by atoms with Gasteiger partial charge in [0, 0.05) is 26.2 Å². The summed E-state index contributed by atoms with van der Waals surface area (Å²) in [4.78, 5) is 38.6. The number of nitrogens with one attached hydrogen (secondary N) is 2. The fraction of sp³-hybridized carbons (Fsp3) is 0.438. The zero-order valence-corrected chi connectivity index (χ0v) is 14.8. The van der Waals surface area contributed by atoms with E-state index in [0.717, 1.165) is 0 Å². The van der Waals surface area contributed by atoms with Crippen LogP contribution < -0.4 is 16.4 Å². The van der Waals surface area contributed by atoms with Gasteiger partial charge in [0.2, 0.25) is 11.8 Å². The van der Waals surface area contributed by atoms with E-state index in [9.17, 15) is 14.4 Å². The van der Waals surface area contributed by atoms with Crippen molar-refractivity contribution in [1.29, 1.82) is 0 Å². The van der Waals surface area contributed by atoms with Gasteiger partial charge in [-0.25, -0.2) is 4.79 Å². The first-order valence-electron chi connectivity index (χ1n) is 7.98. The number of piperazine rings is 1. The molecule has 25 heavy (non-hydrogen) atoms. The molecule has 1 fully saturated rings. The Bertz CT molecular complexity index is 646. The Morgan fingerprint density at radius 3 is 2.44 bits per heavy atom. The van der Waals surface area contributed by atoms with Crippen molar-refractivity contribution in [3.63, 3.8) is 0 Å². The molecular weight excluding hydrogens is 346 g/mol. The van der Waals surface area contributed by atoms with E-state index in [1.54, 1.807) is 31.2 Å². The van der Waals surface area contributed by atoms with Crippen molar-refractivity contribution >= 4 is 35.1 Å². The van der Waals surface area contributed by atoms with Gasteiger partial charge in [-0.15, -0.1) is 0 Å². The normalized spacial score (nSPS) is 16.9. The van der Waals surface area contributed by atoms with Crippen LogP contribution in [0.5, 0.6) is 0 Å². The maximum Gasteiger partial charge on any atom is 0.318 e. The highest BCUT2D eigenvalue weighted by atomic mass is 35.5. The Hall–Kier alpha value is -2.16. The first-order valence-corrected chi connectivity index (χ1v) is 8.35. The maximum absolute atomic E-state index is 12.1. The predicted molar refractivity (Wildman–Crippen MR) is 95.3 cm³/mol. The molecular formula is C16H22ClN5O3. The molecule has 8 nitrogen and oxygen atoms in total. The van der Waals surface area contributed by atoms with Gasteiger partial charge < -0.3 is 11.1 Å². The molecule has 0 bridgehead atoms. The van der Waals surface area contributed by atoms with Crippen molar-refractivity contribution in [2.75, 3.05) is 38.0 Å². The lowest BCUT2D eigenvalue weighted by Crippen LogP contribution is -2.55. The highest BCUT2D eigenvalue weighted by Gasteiger charge is 2.26. The SMILES string of the molecule is CC(C(=O)NC(N)=O)N1CCN(CC(=O)Nc2ccccc2Cl)CC1. The van der Waals surface area contributed by atoms with Gasteiger partial charge in [0.1, 0.15) is 0 Å². The Morgan fingerprint density at radius 1 is 1.20 bits per heavy atom. The van der Waals surface area contributed by atoms with Gasteiger partial charge >= 0.3 is 6.03 Å². The molecule has 0 aromatic heterocycles. The quantitative estimate of drug-likeness (QED) is 0.701. The molecule has 0 spiro atoms. The molecule has 4 amide bonds. The first kappa shape index (κ1) is 19.2. The minimum atomic E-state index is -0.855. The van der Waals surface area contributed by atoms with E-state index in [1.165, 1.54) is 0 Å². The van der Waals surface area contributed by atoms with Gasteiger partial charge in [0.15, 0.2) is 0 Å². The van der Waals surface area contributed by atoms with Crippen LogP contribution >= 0.6 is 11.6 Å². The molecule has 0 saturated carbocycles. The summed E-state index contributed by atoms with van der Waals surface area (Å²) in [7, 11) is 0. The number of rotatable bonds is 5. The van der Waals surface area contributed by atoms with Crippen molar-refractivity contribution in [2.24, 2.45) is 5.73 Å². The number of halogens is 1. The van der Waals surface area contributed by atoms with E-state index in [4.69, 9.17) is 17.3 Å². The molecule has 1 atom stereocenters. The molecule has 136 valence electrons. The Labute approximate surface area is 151 Å². The topological polar surface area (TPSA) is 108 Å². The van der Waals surface area contributed by atoms with Gasteiger partial charge in [-0.05, 0) is 19.1 Å². The van der Waals surface area contributed by atoms with Gasteiger partial charge in [0.25, 0.3) is 0 Å². The summed E-state index contributed by atoms with van der Waals surface area (Å²) in [5.41, 5.74) is 5.55. The number of carbonyl (C=O) groups excluding carboxylic acids is 3. The summed E-state index contributed by atoms with van der Waals surface area (Å²) < 4.78 is 0. The van der Waals surface area contributed by atoms with Gasteiger partial charge in [-0.3, -0.25) is 24.7 Å². The molecule has 1 heterocycles. The van der Waals surface area contributed by atoms with Crippen molar-refractivity contribution in [1.82, 2.24) is 15.1 Å². The fourth-order valence-corrected chi connectivity index (χ4v) is 2.84.